The smallest absolute Gasteiger partial charge is 0.227 e. The molecule has 1 saturated heterocycles. The zero-order chi connectivity index (χ0) is 23.3. The Hall–Kier alpha value is -2.58. The number of aliphatic hydroxyl groups is 2. The maximum Gasteiger partial charge on any atom is 0.227 e. The van der Waals surface area contributed by atoms with Gasteiger partial charge >= 0.3 is 0 Å². The summed E-state index contributed by atoms with van der Waals surface area (Å²) in [5, 5.41) is 20.6. The van der Waals surface area contributed by atoms with Gasteiger partial charge in [0, 0.05) is 37.2 Å². The summed E-state index contributed by atoms with van der Waals surface area (Å²) in [6.07, 6.45) is 4.49. The SMILES string of the molecule is C=C(/C=C\C=C(/C)O)[C@]1(O)CCN(C(=O)Cc2cc(F)c(F)cc2F)C[C@H]1CN(C)C. The molecule has 2 N–H and O–H groups in total. The van der Waals surface area contributed by atoms with E-state index < -0.39 is 35.4 Å². The molecule has 170 valence electrons. The van der Waals surface area contributed by atoms with Crippen LogP contribution in [0.5, 0.6) is 0 Å². The number of amides is 1. The Bertz CT molecular complexity index is 894. The highest BCUT2D eigenvalue weighted by atomic mass is 19.2. The van der Waals surface area contributed by atoms with Crippen LogP contribution in [0, 0.1) is 23.4 Å². The van der Waals surface area contributed by atoms with E-state index in [1.54, 1.807) is 12.2 Å². The van der Waals surface area contributed by atoms with Crippen LogP contribution < -0.4 is 0 Å². The first-order valence-electron chi connectivity index (χ1n) is 9.95. The van der Waals surface area contributed by atoms with Crippen molar-refractivity contribution in [1.29, 1.82) is 0 Å². The minimum Gasteiger partial charge on any atom is -0.513 e. The normalized spacial score (nSPS) is 22.4. The van der Waals surface area contributed by atoms with Crippen LogP contribution in [0.1, 0.15) is 18.9 Å². The summed E-state index contributed by atoms with van der Waals surface area (Å²) < 4.78 is 40.5. The molecule has 2 rings (SSSR count). The number of rotatable bonds is 7. The molecule has 1 aromatic carbocycles. The van der Waals surface area contributed by atoms with Gasteiger partial charge in [-0.05, 0) is 45.2 Å². The molecule has 1 heterocycles. The molecule has 0 bridgehead atoms. The van der Waals surface area contributed by atoms with Gasteiger partial charge in [0.2, 0.25) is 5.91 Å². The number of carbonyl (C=O) groups is 1. The van der Waals surface area contributed by atoms with Crippen molar-refractivity contribution >= 4 is 5.91 Å². The van der Waals surface area contributed by atoms with E-state index in [-0.39, 0.29) is 36.8 Å². The molecule has 0 aliphatic carbocycles. The monoisotopic (exact) mass is 438 g/mol. The Morgan fingerprint density at radius 3 is 2.55 bits per heavy atom. The summed E-state index contributed by atoms with van der Waals surface area (Å²) in [7, 11) is 3.68. The van der Waals surface area contributed by atoms with E-state index in [9.17, 15) is 28.2 Å². The maximum atomic E-state index is 13.9. The Morgan fingerprint density at radius 1 is 1.29 bits per heavy atom. The van der Waals surface area contributed by atoms with E-state index >= 15 is 0 Å². The molecule has 1 aliphatic heterocycles. The van der Waals surface area contributed by atoms with Gasteiger partial charge in [-0.2, -0.15) is 0 Å². The van der Waals surface area contributed by atoms with Gasteiger partial charge in [0.15, 0.2) is 11.6 Å². The van der Waals surface area contributed by atoms with Gasteiger partial charge in [0.25, 0.3) is 0 Å². The molecular formula is C23H29F3N2O3. The fraction of sp³-hybridized carbons (Fsp3) is 0.435. The molecule has 1 aromatic rings. The van der Waals surface area contributed by atoms with Crippen LogP contribution in [0.3, 0.4) is 0 Å². The number of allylic oxidation sites excluding steroid dienone is 3. The number of benzene rings is 1. The molecule has 0 radical (unpaired) electrons. The third-order valence-electron chi connectivity index (χ3n) is 5.44. The first kappa shape index (κ1) is 24.7. The van der Waals surface area contributed by atoms with Crippen LogP contribution in [0.2, 0.25) is 0 Å². The number of likely N-dealkylation sites (tertiary alicyclic amines) is 1. The standard InChI is InChI=1S/C23H29F3N2O3/c1-15(6-5-7-16(2)29)23(31)8-9-28(14-18(23)13-27(3)4)22(30)11-17-10-20(25)21(26)12-19(17)24/h5-7,10,12,18,29,31H,1,8-9,11,13-14H2,2-4H3/b6-5-,16-7+/t18-,23-/m1/s1. The van der Waals surface area contributed by atoms with Gasteiger partial charge in [0.1, 0.15) is 5.82 Å². The van der Waals surface area contributed by atoms with Crippen molar-refractivity contribution in [2.45, 2.75) is 25.4 Å². The lowest BCUT2D eigenvalue weighted by atomic mass is 9.75. The van der Waals surface area contributed by atoms with Gasteiger partial charge in [0.05, 0.1) is 17.8 Å². The van der Waals surface area contributed by atoms with Crippen LogP contribution in [0.15, 0.2) is 48.3 Å². The summed E-state index contributed by atoms with van der Waals surface area (Å²) in [5.41, 5.74) is -1.04. The maximum absolute atomic E-state index is 13.9. The fourth-order valence-electron chi connectivity index (χ4n) is 3.74. The number of hydrogen-bond acceptors (Lipinski definition) is 4. The van der Waals surface area contributed by atoms with Crippen LogP contribution in [-0.4, -0.2) is 65.3 Å². The molecule has 5 nitrogen and oxygen atoms in total. The number of halogens is 3. The average Bonchev–Trinajstić information content (AvgIpc) is 2.67. The van der Waals surface area contributed by atoms with Crippen molar-refractivity contribution in [2.75, 3.05) is 33.7 Å². The average molecular weight is 438 g/mol. The highest BCUT2D eigenvalue weighted by Crippen LogP contribution is 2.35. The molecule has 0 spiro atoms. The first-order chi connectivity index (χ1) is 14.4. The molecule has 1 fully saturated rings. The lowest BCUT2D eigenvalue weighted by Crippen LogP contribution is -2.57. The van der Waals surface area contributed by atoms with Crippen molar-refractivity contribution in [3.63, 3.8) is 0 Å². The summed E-state index contributed by atoms with van der Waals surface area (Å²) in [6, 6.07) is 1.13. The molecule has 31 heavy (non-hydrogen) atoms. The quantitative estimate of drug-likeness (QED) is 0.389. The molecule has 0 unspecified atom stereocenters. The lowest BCUT2D eigenvalue weighted by molar-refractivity contribution is -0.137. The van der Waals surface area contributed by atoms with Crippen LogP contribution in [0.25, 0.3) is 0 Å². The minimum atomic E-state index is -1.31. The van der Waals surface area contributed by atoms with Gasteiger partial charge < -0.3 is 20.0 Å². The highest BCUT2D eigenvalue weighted by Gasteiger charge is 2.44. The summed E-state index contributed by atoms with van der Waals surface area (Å²) in [6.45, 7) is 6.36. The third kappa shape index (κ3) is 6.21. The third-order valence-corrected chi connectivity index (χ3v) is 5.44. The van der Waals surface area contributed by atoms with Crippen molar-refractivity contribution in [1.82, 2.24) is 9.80 Å². The van der Waals surface area contributed by atoms with E-state index in [1.165, 1.54) is 17.9 Å². The van der Waals surface area contributed by atoms with Crippen molar-refractivity contribution in [3.05, 3.63) is 71.3 Å². The van der Waals surface area contributed by atoms with Crippen molar-refractivity contribution < 1.29 is 28.2 Å². The number of piperidine rings is 1. The topological polar surface area (TPSA) is 64.0 Å². The summed E-state index contributed by atoms with van der Waals surface area (Å²) in [4.78, 5) is 16.1. The second-order valence-corrected chi connectivity index (χ2v) is 8.20. The summed E-state index contributed by atoms with van der Waals surface area (Å²) >= 11 is 0. The molecular weight excluding hydrogens is 409 g/mol. The predicted molar refractivity (Wildman–Crippen MR) is 113 cm³/mol. The Balaban J connectivity index is 2.19. The zero-order valence-electron chi connectivity index (χ0n) is 18.0. The van der Waals surface area contributed by atoms with Gasteiger partial charge in [-0.3, -0.25) is 4.79 Å². The van der Waals surface area contributed by atoms with E-state index in [0.29, 0.717) is 24.3 Å². The van der Waals surface area contributed by atoms with Crippen LogP contribution in [0.4, 0.5) is 13.2 Å². The predicted octanol–water partition coefficient (Wildman–Crippen LogP) is 3.36. The first-order valence-corrected chi connectivity index (χ1v) is 9.95. The largest absolute Gasteiger partial charge is 0.513 e. The van der Waals surface area contributed by atoms with Crippen molar-refractivity contribution in [2.24, 2.45) is 5.92 Å². The lowest BCUT2D eigenvalue weighted by Gasteiger charge is -2.46. The number of hydrogen-bond donors (Lipinski definition) is 2. The second kappa shape index (κ2) is 10.2. The molecule has 2 atom stereocenters. The molecule has 0 saturated carbocycles. The minimum absolute atomic E-state index is 0.116. The van der Waals surface area contributed by atoms with E-state index in [0.717, 1.165) is 0 Å². The number of nitrogens with zero attached hydrogens (tertiary/aromatic N) is 2. The molecule has 1 aliphatic rings. The number of aliphatic hydroxyl groups excluding tert-OH is 1. The van der Waals surface area contributed by atoms with Crippen molar-refractivity contribution in [3.8, 4) is 0 Å². The van der Waals surface area contributed by atoms with Crippen LogP contribution >= 0.6 is 0 Å². The highest BCUT2D eigenvalue weighted by molar-refractivity contribution is 5.79. The van der Waals surface area contributed by atoms with Gasteiger partial charge in [-0.1, -0.05) is 18.7 Å². The Morgan fingerprint density at radius 2 is 1.94 bits per heavy atom. The fourth-order valence-corrected chi connectivity index (χ4v) is 3.74. The van der Waals surface area contributed by atoms with Gasteiger partial charge in [-0.25, -0.2) is 13.2 Å². The Labute approximate surface area is 180 Å². The van der Waals surface area contributed by atoms with E-state index in [2.05, 4.69) is 6.58 Å². The molecule has 0 aromatic heterocycles. The second-order valence-electron chi connectivity index (χ2n) is 8.20. The summed E-state index contributed by atoms with van der Waals surface area (Å²) in [5.74, 6) is -4.19. The molecule has 1 amide bonds. The zero-order valence-corrected chi connectivity index (χ0v) is 18.0. The van der Waals surface area contributed by atoms with E-state index in [4.69, 9.17) is 0 Å². The number of carbonyl (C=O) groups excluding carboxylic acids is 1. The Kier molecular flexibility index (Phi) is 8.08. The van der Waals surface area contributed by atoms with Gasteiger partial charge in [-0.15, -0.1) is 0 Å². The van der Waals surface area contributed by atoms with Crippen LogP contribution in [-0.2, 0) is 11.2 Å². The van der Waals surface area contributed by atoms with E-state index in [1.807, 2.05) is 19.0 Å². The molecule has 8 heteroatoms.